The van der Waals surface area contributed by atoms with Crippen molar-refractivity contribution in [3.63, 3.8) is 0 Å². The zero-order valence-corrected chi connectivity index (χ0v) is 23.0. The Morgan fingerprint density at radius 1 is 0.972 bits per heavy atom. The normalized spacial score (nSPS) is 47.3. The van der Waals surface area contributed by atoms with E-state index in [9.17, 15) is 19.6 Å². The molecule has 1 amide bonds. The number of hydrogen-bond donors (Lipinski definition) is 2. The molecule has 9 unspecified atom stereocenters. The Morgan fingerprint density at radius 2 is 1.67 bits per heavy atom. The molecule has 9 atom stereocenters. The summed E-state index contributed by atoms with van der Waals surface area (Å²) in [4.78, 5) is 39.0. The number of amides is 1. The molecule has 5 aliphatic rings. The van der Waals surface area contributed by atoms with Gasteiger partial charge in [0.1, 0.15) is 6.10 Å². The Bertz CT molecular complexity index is 1000. The van der Waals surface area contributed by atoms with E-state index in [2.05, 4.69) is 34.6 Å². The van der Waals surface area contributed by atoms with Gasteiger partial charge in [-0.3, -0.25) is 19.6 Å². The van der Waals surface area contributed by atoms with Crippen molar-refractivity contribution in [2.75, 3.05) is 0 Å². The van der Waals surface area contributed by atoms with Crippen molar-refractivity contribution in [3.8, 4) is 0 Å². The average molecular weight is 500 g/mol. The highest BCUT2D eigenvalue weighted by molar-refractivity contribution is 5.96. The molecule has 0 bridgehead atoms. The first-order chi connectivity index (χ1) is 16.8. The highest BCUT2D eigenvalue weighted by Crippen LogP contribution is 2.70. The van der Waals surface area contributed by atoms with Crippen molar-refractivity contribution in [1.29, 1.82) is 0 Å². The van der Waals surface area contributed by atoms with E-state index >= 15 is 0 Å². The summed E-state index contributed by atoms with van der Waals surface area (Å²) in [5, 5.41) is 9.68. The molecule has 5 rings (SSSR count). The van der Waals surface area contributed by atoms with Gasteiger partial charge < -0.3 is 4.74 Å². The number of nitrogens with one attached hydrogen (secondary N) is 1. The third-order valence-electron chi connectivity index (χ3n) is 12.0. The summed E-state index contributed by atoms with van der Waals surface area (Å²) in [5.74, 6) is 0.578. The van der Waals surface area contributed by atoms with Crippen LogP contribution in [0.5, 0.6) is 0 Å². The standard InChI is InChI=1S/C30H45NO5/c1-17-20-7-10-29(6)21-8-12-30(26(34)31-35)14-13-27(3,4)16-22(30)19(21)15-23(33)25(29)28(20,5)11-9-24(17)36-18(2)32/h15,17,20-22,24-25,35H,7-14,16H2,1-6H3,(H,31,34). The van der Waals surface area contributed by atoms with E-state index in [1.807, 2.05) is 11.6 Å². The zero-order valence-electron chi connectivity index (χ0n) is 23.0. The molecule has 0 radical (unpaired) electrons. The summed E-state index contributed by atoms with van der Waals surface area (Å²) in [6.07, 6.45) is 9.86. The fourth-order valence-electron chi connectivity index (χ4n) is 10.3. The number of rotatable bonds is 2. The Balaban J connectivity index is 1.54. The molecule has 0 aromatic heterocycles. The first-order valence-electron chi connectivity index (χ1n) is 14.2. The smallest absolute Gasteiger partial charge is 0.302 e. The van der Waals surface area contributed by atoms with Gasteiger partial charge in [0.15, 0.2) is 5.78 Å². The van der Waals surface area contributed by atoms with E-state index in [1.165, 1.54) is 12.5 Å². The van der Waals surface area contributed by atoms with Crippen molar-refractivity contribution in [2.24, 2.45) is 51.2 Å². The highest BCUT2D eigenvalue weighted by Gasteiger charge is 2.66. The minimum Gasteiger partial charge on any atom is -0.462 e. The molecule has 4 fully saturated rings. The van der Waals surface area contributed by atoms with Crippen molar-refractivity contribution in [3.05, 3.63) is 11.6 Å². The van der Waals surface area contributed by atoms with Crippen LogP contribution in [0, 0.1) is 51.2 Å². The van der Waals surface area contributed by atoms with Crippen LogP contribution in [0.4, 0.5) is 0 Å². The fourth-order valence-corrected chi connectivity index (χ4v) is 10.3. The summed E-state index contributed by atoms with van der Waals surface area (Å²) >= 11 is 0. The summed E-state index contributed by atoms with van der Waals surface area (Å²) < 4.78 is 5.70. The number of carbonyl (C=O) groups is 3. The van der Waals surface area contributed by atoms with E-state index in [-0.39, 0.29) is 63.7 Å². The second kappa shape index (κ2) is 8.41. The van der Waals surface area contributed by atoms with Crippen LogP contribution in [0.1, 0.15) is 99.3 Å². The number of hydrogen-bond acceptors (Lipinski definition) is 5. The van der Waals surface area contributed by atoms with Gasteiger partial charge >= 0.3 is 5.97 Å². The van der Waals surface area contributed by atoms with Gasteiger partial charge in [0.25, 0.3) is 0 Å². The third kappa shape index (κ3) is 3.56. The molecule has 0 aromatic rings. The van der Waals surface area contributed by atoms with E-state index < -0.39 is 5.41 Å². The van der Waals surface area contributed by atoms with Gasteiger partial charge in [-0.1, -0.05) is 40.2 Å². The van der Waals surface area contributed by atoms with Crippen molar-refractivity contribution in [2.45, 2.75) is 105 Å². The molecular formula is C30H45NO5. The molecular weight excluding hydrogens is 454 g/mol. The van der Waals surface area contributed by atoms with Gasteiger partial charge in [0.05, 0.1) is 5.41 Å². The topological polar surface area (TPSA) is 92.7 Å². The van der Waals surface area contributed by atoms with Gasteiger partial charge in [-0.2, -0.15) is 0 Å². The van der Waals surface area contributed by atoms with Gasteiger partial charge in [0.2, 0.25) is 5.91 Å². The third-order valence-corrected chi connectivity index (χ3v) is 12.0. The average Bonchev–Trinajstić information content (AvgIpc) is 2.79. The Hall–Kier alpha value is -1.69. The van der Waals surface area contributed by atoms with Crippen molar-refractivity contribution in [1.82, 2.24) is 5.48 Å². The number of carbonyl (C=O) groups excluding carboxylic acids is 3. The number of esters is 1. The Labute approximate surface area is 216 Å². The van der Waals surface area contributed by atoms with E-state index in [1.54, 1.807) is 0 Å². The quantitative estimate of drug-likeness (QED) is 0.292. The first kappa shape index (κ1) is 25.9. The zero-order chi connectivity index (χ0) is 26.3. The molecule has 0 heterocycles. The predicted molar refractivity (Wildman–Crippen MR) is 136 cm³/mol. The minimum atomic E-state index is -0.617. The van der Waals surface area contributed by atoms with Crippen molar-refractivity contribution >= 4 is 17.7 Å². The SMILES string of the molecule is CC(=O)OC1CCC2(C)C(CCC3(C)C4CCC5(C(=O)NO)CCC(C)(C)CC5C4=CC(=O)C32)C1C. The molecule has 200 valence electrons. The Kier molecular flexibility index (Phi) is 6.06. The number of allylic oxidation sites excluding steroid dienone is 2. The van der Waals surface area contributed by atoms with Gasteiger partial charge in [-0.05, 0) is 104 Å². The second-order valence-electron chi connectivity index (χ2n) is 14.3. The number of ether oxygens (including phenoxy) is 1. The number of fused-ring (bicyclic) bond motifs is 7. The molecule has 6 nitrogen and oxygen atoms in total. The molecule has 0 saturated heterocycles. The van der Waals surface area contributed by atoms with Crippen LogP contribution >= 0.6 is 0 Å². The maximum atomic E-state index is 14.2. The summed E-state index contributed by atoms with van der Waals surface area (Å²) in [6.45, 7) is 12.9. The molecule has 0 aliphatic heterocycles. The number of hydroxylamine groups is 1. The van der Waals surface area contributed by atoms with Crippen LogP contribution in [0.15, 0.2) is 11.6 Å². The van der Waals surface area contributed by atoms with Crippen LogP contribution in [0.25, 0.3) is 0 Å². The van der Waals surface area contributed by atoms with Crippen LogP contribution in [0.2, 0.25) is 0 Å². The van der Waals surface area contributed by atoms with Crippen LogP contribution in [-0.4, -0.2) is 29.0 Å². The molecule has 36 heavy (non-hydrogen) atoms. The largest absolute Gasteiger partial charge is 0.462 e. The maximum Gasteiger partial charge on any atom is 0.302 e. The molecule has 5 aliphatic carbocycles. The molecule has 6 heteroatoms. The lowest BCUT2D eigenvalue weighted by atomic mass is 9.38. The van der Waals surface area contributed by atoms with E-state index in [0.717, 1.165) is 57.8 Å². The summed E-state index contributed by atoms with van der Waals surface area (Å²) in [6, 6.07) is 0. The molecule has 2 N–H and O–H groups in total. The van der Waals surface area contributed by atoms with Gasteiger partial charge in [-0.15, -0.1) is 0 Å². The lowest BCUT2D eigenvalue weighted by molar-refractivity contribution is -0.182. The highest BCUT2D eigenvalue weighted by atomic mass is 16.5. The van der Waals surface area contributed by atoms with Gasteiger partial charge in [-0.25, -0.2) is 5.48 Å². The van der Waals surface area contributed by atoms with Gasteiger partial charge in [0, 0.05) is 12.8 Å². The second-order valence-corrected chi connectivity index (χ2v) is 14.3. The van der Waals surface area contributed by atoms with Crippen LogP contribution in [-0.2, 0) is 19.1 Å². The lowest BCUT2D eigenvalue weighted by Crippen LogP contribution is -2.63. The molecule has 0 spiro atoms. The fraction of sp³-hybridized carbons (Fsp3) is 0.833. The monoisotopic (exact) mass is 499 g/mol. The maximum absolute atomic E-state index is 14.2. The molecule has 4 saturated carbocycles. The van der Waals surface area contributed by atoms with E-state index in [0.29, 0.717) is 5.92 Å². The summed E-state index contributed by atoms with van der Waals surface area (Å²) in [5.41, 5.74) is 2.41. The predicted octanol–water partition coefficient (Wildman–Crippen LogP) is 5.62. The molecule has 0 aromatic carbocycles. The van der Waals surface area contributed by atoms with E-state index in [4.69, 9.17) is 4.74 Å². The van der Waals surface area contributed by atoms with Crippen LogP contribution in [0.3, 0.4) is 0 Å². The van der Waals surface area contributed by atoms with Crippen molar-refractivity contribution < 1.29 is 24.3 Å². The first-order valence-corrected chi connectivity index (χ1v) is 14.2. The summed E-state index contributed by atoms with van der Waals surface area (Å²) in [7, 11) is 0. The number of ketones is 1. The minimum absolute atomic E-state index is 0.00182. The lowest BCUT2D eigenvalue weighted by Gasteiger charge is -2.65. The van der Waals surface area contributed by atoms with Crippen LogP contribution < -0.4 is 5.48 Å². The Morgan fingerprint density at radius 3 is 2.33 bits per heavy atom.